The first-order chi connectivity index (χ1) is 8.50. The number of benzene rings is 1. The van der Waals surface area contributed by atoms with Crippen LogP contribution in [0.25, 0.3) is 0 Å². The van der Waals surface area contributed by atoms with Crippen LogP contribution in [0.1, 0.15) is 25.8 Å². The number of carboxylic acid groups (broad SMARTS) is 1. The Hall–Kier alpha value is -1.16. The Morgan fingerprint density at radius 3 is 2.39 bits per heavy atom. The standard InChI is InChI=1S/C14H20O3S/c1-11(2)8-9-18(17)13(14(15)16)10-12-6-4-3-5-7-12/h3-7,11,13H,8-10H2,1-2H3,(H,15,16). The summed E-state index contributed by atoms with van der Waals surface area (Å²) in [5, 5.41) is 8.38. The molecule has 0 spiro atoms. The molecule has 1 N–H and O–H groups in total. The zero-order valence-electron chi connectivity index (χ0n) is 10.8. The van der Waals surface area contributed by atoms with Crippen LogP contribution in [0.15, 0.2) is 30.3 Å². The number of aliphatic carboxylic acids is 1. The minimum atomic E-state index is -1.31. The van der Waals surface area contributed by atoms with Gasteiger partial charge in [0.05, 0.1) is 0 Å². The van der Waals surface area contributed by atoms with E-state index in [1.54, 1.807) is 0 Å². The van der Waals surface area contributed by atoms with Gasteiger partial charge in [-0.05, 0) is 24.3 Å². The van der Waals surface area contributed by atoms with Crippen molar-refractivity contribution in [2.75, 3.05) is 5.75 Å². The van der Waals surface area contributed by atoms with E-state index in [-0.39, 0.29) is 0 Å². The molecular formula is C14H20O3S. The number of rotatable bonds is 7. The van der Waals surface area contributed by atoms with E-state index >= 15 is 0 Å². The van der Waals surface area contributed by atoms with Crippen molar-refractivity contribution in [1.82, 2.24) is 0 Å². The molecule has 1 rings (SSSR count). The van der Waals surface area contributed by atoms with Crippen molar-refractivity contribution in [2.24, 2.45) is 5.92 Å². The van der Waals surface area contributed by atoms with Gasteiger partial charge in [-0.15, -0.1) is 0 Å². The quantitative estimate of drug-likeness (QED) is 0.826. The summed E-state index contributed by atoms with van der Waals surface area (Å²) in [4.78, 5) is 11.2. The molecule has 100 valence electrons. The molecule has 1 aromatic carbocycles. The molecule has 0 saturated carbocycles. The SMILES string of the molecule is CC(C)CCS(=O)C(Cc1ccccc1)C(=O)O. The molecule has 0 aliphatic carbocycles. The second-order valence-corrected chi connectivity index (χ2v) is 6.52. The van der Waals surface area contributed by atoms with Gasteiger partial charge >= 0.3 is 5.97 Å². The number of carbonyl (C=O) groups is 1. The van der Waals surface area contributed by atoms with Crippen LogP contribution >= 0.6 is 0 Å². The van der Waals surface area contributed by atoms with E-state index in [2.05, 4.69) is 0 Å². The lowest BCUT2D eigenvalue weighted by Crippen LogP contribution is -2.30. The summed E-state index contributed by atoms with van der Waals surface area (Å²) in [6, 6.07) is 9.36. The summed E-state index contributed by atoms with van der Waals surface area (Å²) in [6.45, 7) is 4.09. The fraction of sp³-hybridized carbons (Fsp3) is 0.500. The number of carboxylic acids is 1. The lowest BCUT2D eigenvalue weighted by molar-refractivity contribution is -0.136. The van der Waals surface area contributed by atoms with E-state index in [0.29, 0.717) is 18.1 Å². The van der Waals surface area contributed by atoms with Crippen LogP contribution in [0.4, 0.5) is 0 Å². The fourth-order valence-electron chi connectivity index (χ4n) is 1.61. The molecule has 2 unspecified atom stereocenters. The highest BCUT2D eigenvalue weighted by Gasteiger charge is 2.24. The summed E-state index contributed by atoms with van der Waals surface area (Å²) < 4.78 is 12.0. The van der Waals surface area contributed by atoms with Crippen LogP contribution < -0.4 is 0 Å². The highest BCUT2D eigenvalue weighted by atomic mass is 32.2. The van der Waals surface area contributed by atoms with Gasteiger partial charge in [0.25, 0.3) is 0 Å². The molecule has 0 aromatic heterocycles. The van der Waals surface area contributed by atoms with Crippen molar-refractivity contribution in [1.29, 1.82) is 0 Å². The van der Waals surface area contributed by atoms with E-state index in [1.165, 1.54) is 0 Å². The van der Waals surface area contributed by atoms with Gasteiger partial charge in [-0.1, -0.05) is 44.2 Å². The van der Waals surface area contributed by atoms with Crippen molar-refractivity contribution in [3.8, 4) is 0 Å². The maximum absolute atomic E-state index is 12.0. The average molecular weight is 268 g/mol. The molecule has 1 aromatic rings. The summed E-state index contributed by atoms with van der Waals surface area (Å²) in [7, 11) is -1.31. The van der Waals surface area contributed by atoms with E-state index < -0.39 is 22.0 Å². The Labute approximate surface area is 111 Å². The van der Waals surface area contributed by atoms with E-state index in [0.717, 1.165) is 12.0 Å². The zero-order valence-corrected chi connectivity index (χ0v) is 11.7. The molecule has 18 heavy (non-hydrogen) atoms. The molecule has 0 saturated heterocycles. The Kier molecular flexibility index (Phi) is 6.05. The summed E-state index contributed by atoms with van der Waals surface area (Å²) in [5.41, 5.74) is 0.919. The Morgan fingerprint density at radius 2 is 1.89 bits per heavy atom. The third-order valence-electron chi connectivity index (χ3n) is 2.75. The first-order valence-electron chi connectivity index (χ1n) is 6.14. The highest BCUT2D eigenvalue weighted by Crippen LogP contribution is 2.11. The monoisotopic (exact) mass is 268 g/mol. The van der Waals surface area contributed by atoms with Crippen LogP contribution in [-0.4, -0.2) is 26.3 Å². The van der Waals surface area contributed by atoms with Gasteiger partial charge in [-0.25, -0.2) is 0 Å². The topological polar surface area (TPSA) is 54.4 Å². The maximum atomic E-state index is 12.0. The minimum absolute atomic E-state index is 0.334. The fourth-order valence-corrected chi connectivity index (χ4v) is 3.21. The van der Waals surface area contributed by atoms with Gasteiger partial charge in [0.2, 0.25) is 0 Å². The molecule has 0 bridgehead atoms. The van der Waals surface area contributed by atoms with Gasteiger partial charge in [-0.3, -0.25) is 9.00 Å². The van der Waals surface area contributed by atoms with E-state index in [9.17, 15) is 14.1 Å². The van der Waals surface area contributed by atoms with Crippen LogP contribution in [-0.2, 0) is 22.0 Å². The summed E-state index contributed by atoms with van der Waals surface area (Å²) >= 11 is 0. The normalized spacial score (nSPS) is 14.4. The van der Waals surface area contributed by atoms with Crippen LogP contribution in [0, 0.1) is 5.92 Å². The van der Waals surface area contributed by atoms with Crippen molar-refractivity contribution in [3.05, 3.63) is 35.9 Å². The molecule has 4 heteroatoms. The molecule has 0 fully saturated rings. The predicted molar refractivity (Wildman–Crippen MR) is 74.0 cm³/mol. The molecular weight excluding hydrogens is 248 g/mol. The molecule has 0 amide bonds. The second kappa shape index (κ2) is 7.31. The van der Waals surface area contributed by atoms with Gasteiger partial charge in [0, 0.05) is 16.6 Å². The molecule has 3 nitrogen and oxygen atoms in total. The molecule has 2 atom stereocenters. The lowest BCUT2D eigenvalue weighted by Gasteiger charge is -2.13. The van der Waals surface area contributed by atoms with Crippen molar-refractivity contribution in [3.63, 3.8) is 0 Å². The van der Waals surface area contributed by atoms with E-state index in [1.807, 2.05) is 44.2 Å². The second-order valence-electron chi connectivity index (χ2n) is 4.78. The largest absolute Gasteiger partial charge is 0.480 e. The van der Waals surface area contributed by atoms with Crippen LogP contribution in [0.2, 0.25) is 0 Å². The Morgan fingerprint density at radius 1 is 1.28 bits per heavy atom. The van der Waals surface area contributed by atoms with Gasteiger partial charge in [0.15, 0.2) is 0 Å². The third-order valence-corrected chi connectivity index (χ3v) is 4.39. The van der Waals surface area contributed by atoms with Gasteiger partial charge < -0.3 is 5.11 Å². The predicted octanol–water partition coefficient (Wildman–Crippen LogP) is 2.48. The highest BCUT2D eigenvalue weighted by molar-refractivity contribution is 7.86. The van der Waals surface area contributed by atoms with Crippen molar-refractivity contribution in [2.45, 2.75) is 31.9 Å². The Balaban J connectivity index is 2.65. The first kappa shape index (κ1) is 14.9. The zero-order chi connectivity index (χ0) is 13.5. The van der Waals surface area contributed by atoms with Crippen LogP contribution in [0.3, 0.4) is 0 Å². The number of hydrogen-bond acceptors (Lipinski definition) is 2. The molecule has 0 aliphatic heterocycles. The average Bonchev–Trinajstić information content (AvgIpc) is 2.34. The molecule has 0 heterocycles. The molecule has 0 radical (unpaired) electrons. The van der Waals surface area contributed by atoms with Gasteiger partial charge in [-0.2, -0.15) is 0 Å². The Bertz CT molecular complexity index is 401. The van der Waals surface area contributed by atoms with E-state index in [4.69, 9.17) is 0 Å². The first-order valence-corrected chi connectivity index (χ1v) is 7.52. The van der Waals surface area contributed by atoms with Gasteiger partial charge in [0.1, 0.15) is 5.25 Å². The van der Waals surface area contributed by atoms with Crippen molar-refractivity contribution < 1.29 is 14.1 Å². The maximum Gasteiger partial charge on any atom is 0.319 e. The van der Waals surface area contributed by atoms with Crippen LogP contribution in [0.5, 0.6) is 0 Å². The third kappa shape index (κ3) is 5.00. The number of hydrogen-bond donors (Lipinski definition) is 1. The summed E-state index contributed by atoms with van der Waals surface area (Å²) in [6.07, 6.45) is 1.13. The lowest BCUT2D eigenvalue weighted by atomic mass is 10.1. The summed E-state index contributed by atoms with van der Waals surface area (Å²) in [5.74, 6) is -0.0670. The van der Waals surface area contributed by atoms with Crippen molar-refractivity contribution >= 4 is 16.8 Å². The minimum Gasteiger partial charge on any atom is -0.480 e. The molecule has 0 aliphatic rings. The smallest absolute Gasteiger partial charge is 0.319 e.